The first-order chi connectivity index (χ1) is 14.2. The molecule has 2 aromatic carbocycles. The molecule has 2 aliphatic rings. The third-order valence-corrected chi connectivity index (χ3v) is 5.76. The molecule has 7 heteroatoms. The predicted octanol–water partition coefficient (Wildman–Crippen LogP) is 4.46. The Bertz CT molecular complexity index is 1090. The van der Waals surface area contributed by atoms with Gasteiger partial charge >= 0.3 is 0 Å². The van der Waals surface area contributed by atoms with E-state index in [0.717, 1.165) is 5.56 Å². The number of para-hydroxylation sites is 2. The Labute approximate surface area is 173 Å². The number of nitro benzene ring substituents is 1. The maximum atomic E-state index is 13.3. The number of carbonyl (C=O) groups excluding carboxylic acids is 2. The molecule has 2 aromatic rings. The molecule has 0 saturated carbocycles. The van der Waals surface area contributed by atoms with Crippen molar-refractivity contribution >= 4 is 23.1 Å². The first kappa shape index (κ1) is 19.8. The Kier molecular flexibility index (Phi) is 4.68. The first-order valence-corrected chi connectivity index (χ1v) is 9.79. The number of anilines is 1. The lowest BCUT2D eigenvalue weighted by atomic mass is 9.69. The zero-order valence-corrected chi connectivity index (χ0v) is 16.8. The molecule has 0 saturated heterocycles. The van der Waals surface area contributed by atoms with Crippen molar-refractivity contribution in [3.05, 3.63) is 75.5 Å². The summed E-state index contributed by atoms with van der Waals surface area (Å²) in [6.07, 6.45) is 0.835. The number of nitrogens with zero attached hydrogens (tertiary/aromatic N) is 2. The van der Waals surface area contributed by atoms with Gasteiger partial charge in [0.1, 0.15) is 11.4 Å². The summed E-state index contributed by atoms with van der Waals surface area (Å²) in [6, 6.07) is 12.6. The standard InChI is InChI=1S/C23H22N2O5/c1-23(2)12-19-22(20(27)13-23)16(14-7-9-15(26)10-8-14)11-21(28)24(19)17-5-3-4-6-18(17)25(29)30/h3-10,16,26H,11-13H2,1-2H3. The van der Waals surface area contributed by atoms with E-state index < -0.39 is 10.8 Å². The SMILES string of the molecule is CC1(C)CC(=O)C2=C(C1)N(c1ccccc1[N+](=O)[O-])C(=O)CC2c1ccc(O)cc1. The second kappa shape index (κ2) is 7.09. The van der Waals surface area contributed by atoms with Gasteiger partial charge in [-0.05, 0) is 35.6 Å². The van der Waals surface area contributed by atoms with E-state index in [2.05, 4.69) is 0 Å². The molecule has 1 amide bonds. The summed E-state index contributed by atoms with van der Waals surface area (Å²) in [5.74, 6) is -0.662. The lowest BCUT2D eigenvalue weighted by Crippen LogP contribution is -2.44. The molecule has 0 fully saturated rings. The summed E-state index contributed by atoms with van der Waals surface area (Å²) >= 11 is 0. The molecule has 0 spiro atoms. The molecule has 1 N–H and O–H groups in total. The molecule has 7 nitrogen and oxygen atoms in total. The van der Waals surface area contributed by atoms with Crippen LogP contribution in [0.5, 0.6) is 5.75 Å². The maximum Gasteiger partial charge on any atom is 0.293 e. The average molecular weight is 406 g/mol. The number of hydrogen-bond donors (Lipinski definition) is 1. The number of amides is 1. The van der Waals surface area contributed by atoms with Crippen molar-refractivity contribution in [2.24, 2.45) is 5.41 Å². The molecule has 4 rings (SSSR count). The highest BCUT2D eigenvalue weighted by molar-refractivity contribution is 6.08. The average Bonchev–Trinajstić information content (AvgIpc) is 2.67. The maximum absolute atomic E-state index is 13.3. The van der Waals surface area contributed by atoms with Gasteiger partial charge in [0.15, 0.2) is 5.78 Å². The molecule has 0 aromatic heterocycles. The molecule has 1 aliphatic carbocycles. The summed E-state index contributed by atoms with van der Waals surface area (Å²) in [7, 11) is 0. The fourth-order valence-corrected chi connectivity index (χ4v) is 4.49. The van der Waals surface area contributed by atoms with Crippen LogP contribution in [0.25, 0.3) is 0 Å². The number of carbonyl (C=O) groups is 2. The van der Waals surface area contributed by atoms with Crippen LogP contribution in [0.4, 0.5) is 11.4 Å². The number of allylic oxidation sites excluding steroid dienone is 2. The number of phenols is 1. The zero-order chi connectivity index (χ0) is 21.6. The second-order valence-electron chi connectivity index (χ2n) is 8.62. The molecule has 1 unspecified atom stereocenters. The highest BCUT2D eigenvalue weighted by Gasteiger charge is 2.45. The zero-order valence-electron chi connectivity index (χ0n) is 16.8. The van der Waals surface area contributed by atoms with Gasteiger partial charge in [-0.1, -0.05) is 38.1 Å². The molecule has 154 valence electrons. The van der Waals surface area contributed by atoms with Gasteiger partial charge in [0.25, 0.3) is 5.69 Å². The van der Waals surface area contributed by atoms with E-state index in [4.69, 9.17) is 0 Å². The second-order valence-corrected chi connectivity index (χ2v) is 8.62. The third-order valence-electron chi connectivity index (χ3n) is 5.76. The predicted molar refractivity (Wildman–Crippen MR) is 111 cm³/mol. The lowest BCUT2D eigenvalue weighted by molar-refractivity contribution is -0.384. The van der Waals surface area contributed by atoms with Crippen LogP contribution in [-0.2, 0) is 9.59 Å². The van der Waals surface area contributed by atoms with Gasteiger partial charge in [0, 0.05) is 36.1 Å². The fraction of sp³-hybridized carbons (Fsp3) is 0.304. The van der Waals surface area contributed by atoms with Gasteiger partial charge < -0.3 is 5.11 Å². The van der Waals surface area contributed by atoms with Crippen molar-refractivity contribution in [1.82, 2.24) is 0 Å². The number of hydrogen-bond acceptors (Lipinski definition) is 5. The van der Waals surface area contributed by atoms with Crippen LogP contribution in [0, 0.1) is 15.5 Å². The van der Waals surface area contributed by atoms with Crippen molar-refractivity contribution in [2.45, 2.75) is 39.0 Å². The van der Waals surface area contributed by atoms with E-state index in [-0.39, 0.29) is 40.7 Å². The number of rotatable bonds is 3. The van der Waals surface area contributed by atoms with Crippen LogP contribution in [0.1, 0.15) is 44.6 Å². The van der Waals surface area contributed by atoms with E-state index in [9.17, 15) is 24.8 Å². The van der Waals surface area contributed by atoms with Crippen molar-refractivity contribution in [3.8, 4) is 5.75 Å². The van der Waals surface area contributed by atoms with E-state index in [1.54, 1.807) is 30.3 Å². The largest absolute Gasteiger partial charge is 0.508 e. The van der Waals surface area contributed by atoms with Crippen LogP contribution < -0.4 is 4.90 Å². The van der Waals surface area contributed by atoms with Crippen LogP contribution in [0.3, 0.4) is 0 Å². The van der Waals surface area contributed by atoms with Gasteiger partial charge in [0.05, 0.1) is 4.92 Å². The monoisotopic (exact) mass is 406 g/mol. The number of Topliss-reactive ketones (excluding diaryl/α,β-unsaturated/α-hetero) is 1. The van der Waals surface area contributed by atoms with E-state index in [1.165, 1.54) is 23.1 Å². The lowest BCUT2D eigenvalue weighted by Gasteiger charge is -2.42. The van der Waals surface area contributed by atoms with Gasteiger partial charge in [-0.3, -0.25) is 24.6 Å². The van der Waals surface area contributed by atoms with E-state index in [1.807, 2.05) is 13.8 Å². The van der Waals surface area contributed by atoms with Gasteiger partial charge in [-0.25, -0.2) is 0 Å². The normalized spacial score (nSPS) is 20.9. The first-order valence-electron chi connectivity index (χ1n) is 9.79. The highest BCUT2D eigenvalue weighted by Crippen LogP contribution is 2.49. The van der Waals surface area contributed by atoms with Gasteiger partial charge in [0.2, 0.25) is 5.91 Å². The summed E-state index contributed by atoms with van der Waals surface area (Å²) in [5.41, 5.74) is 1.50. The Morgan fingerprint density at radius 3 is 2.40 bits per heavy atom. The summed E-state index contributed by atoms with van der Waals surface area (Å²) in [6.45, 7) is 3.92. The number of aromatic hydroxyl groups is 1. The summed E-state index contributed by atoms with van der Waals surface area (Å²) < 4.78 is 0. The fourth-order valence-electron chi connectivity index (χ4n) is 4.49. The Morgan fingerprint density at radius 2 is 1.73 bits per heavy atom. The van der Waals surface area contributed by atoms with Crippen molar-refractivity contribution in [3.63, 3.8) is 0 Å². The van der Waals surface area contributed by atoms with Crippen molar-refractivity contribution in [1.29, 1.82) is 0 Å². The Morgan fingerprint density at radius 1 is 1.07 bits per heavy atom. The summed E-state index contributed by atoms with van der Waals surface area (Å²) in [4.78, 5) is 39.0. The molecule has 1 heterocycles. The Hall–Kier alpha value is -3.48. The minimum atomic E-state index is -0.509. The van der Waals surface area contributed by atoms with Crippen LogP contribution in [0.2, 0.25) is 0 Å². The number of nitro groups is 1. The van der Waals surface area contributed by atoms with Gasteiger partial charge in [-0.2, -0.15) is 0 Å². The topological polar surface area (TPSA) is 101 Å². The third kappa shape index (κ3) is 3.36. The van der Waals surface area contributed by atoms with Gasteiger partial charge in [-0.15, -0.1) is 0 Å². The molecule has 0 radical (unpaired) electrons. The molecular formula is C23H22N2O5. The molecule has 30 heavy (non-hydrogen) atoms. The van der Waals surface area contributed by atoms with Crippen molar-refractivity contribution < 1.29 is 19.6 Å². The van der Waals surface area contributed by atoms with E-state index in [0.29, 0.717) is 24.1 Å². The number of ketones is 1. The number of benzene rings is 2. The highest BCUT2D eigenvalue weighted by atomic mass is 16.6. The van der Waals surface area contributed by atoms with Crippen LogP contribution in [-0.4, -0.2) is 21.7 Å². The van der Waals surface area contributed by atoms with Crippen LogP contribution in [0.15, 0.2) is 59.8 Å². The van der Waals surface area contributed by atoms with E-state index >= 15 is 0 Å². The minimum Gasteiger partial charge on any atom is -0.508 e. The smallest absolute Gasteiger partial charge is 0.293 e. The molecule has 0 bridgehead atoms. The van der Waals surface area contributed by atoms with Crippen molar-refractivity contribution in [2.75, 3.05) is 4.90 Å². The minimum absolute atomic E-state index is 0.0296. The molecular weight excluding hydrogens is 384 g/mol. The van der Waals surface area contributed by atoms with Crippen LogP contribution >= 0.6 is 0 Å². The number of phenolic OH excluding ortho intramolecular Hbond substituents is 1. The molecule has 1 aliphatic heterocycles. The molecule has 1 atom stereocenters. The Balaban J connectivity index is 1.93. The quantitative estimate of drug-likeness (QED) is 0.599. The summed E-state index contributed by atoms with van der Waals surface area (Å²) in [5, 5.41) is 21.2.